The average molecular weight is 467 g/mol. The molecule has 1 fully saturated rings. The fraction of sp³-hybridized carbons (Fsp3) is 0.333. The van der Waals surface area contributed by atoms with Crippen LogP contribution in [0.25, 0.3) is 0 Å². The second-order valence-electron chi connectivity index (χ2n) is 7.00. The van der Waals surface area contributed by atoms with E-state index in [0.29, 0.717) is 35.1 Å². The molecule has 1 unspecified atom stereocenters. The Morgan fingerprint density at radius 1 is 1.23 bits per heavy atom. The molecule has 3 rings (SSSR count). The molecular formula is C21H23ClN2O6S. The van der Waals surface area contributed by atoms with Gasteiger partial charge < -0.3 is 19.6 Å². The van der Waals surface area contributed by atoms with Crippen LogP contribution in [-0.4, -0.2) is 51.8 Å². The largest absolute Gasteiger partial charge is 0.493 e. The van der Waals surface area contributed by atoms with Crippen molar-refractivity contribution in [2.45, 2.75) is 19.1 Å². The summed E-state index contributed by atoms with van der Waals surface area (Å²) in [7, 11) is -1.51. The Morgan fingerprint density at radius 3 is 2.68 bits per heavy atom. The maximum atomic E-state index is 11.8. The number of amides is 1. The first-order valence-corrected chi connectivity index (χ1v) is 11.7. The Morgan fingerprint density at radius 2 is 2.00 bits per heavy atom. The number of benzene rings is 2. The van der Waals surface area contributed by atoms with E-state index in [1.807, 2.05) is 12.1 Å². The Kier molecular flexibility index (Phi) is 7.75. The molecule has 0 radical (unpaired) electrons. The number of rotatable bonds is 9. The molecule has 10 heteroatoms. The van der Waals surface area contributed by atoms with Gasteiger partial charge in [0.25, 0.3) is 5.91 Å². The van der Waals surface area contributed by atoms with Crippen LogP contribution >= 0.6 is 11.6 Å². The van der Waals surface area contributed by atoms with Crippen LogP contribution in [0.15, 0.2) is 47.6 Å². The van der Waals surface area contributed by atoms with Gasteiger partial charge in [0.1, 0.15) is 6.61 Å². The van der Waals surface area contributed by atoms with Crippen molar-refractivity contribution in [3.63, 3.8) is 0 Å². The lowest BCUT2D eigenvalue weighted by Gasteiger charge is -2.11. The standard InChI is InChI=1S/C21H23ClN2O6S/c1-28-20-10-16(4-7-19(20)29-12-15-2-5-17(22)6-3-15)11-23-30-13-21(25)24-18-8-9-31(26,27)14-18/h2-7,10-11,18H,8-9,12-14H2,1H3,(H,24,25)/b23-11+. The van der Waals surface area contributed by atoms with Crippen molar-refractivity contribution in [3.05, 3.63) is 58.6 Å². The summed E-state index contributed by atoms with van der Waals surface area (Å²) in [6, 6.07) is 12.3. The van der Waals surface area contributed by atoms with E-state index >= 15 is 0 Å². The molecular weight excluding hydrogens is 444 g/mol. The lowest BCUT2D eigenvalue weighted by atomic mass is 10.2. The molecule has 8 nitrogen and oxygen atoms in total. The van der Waals surface area contributed by atoms with Crippen molar-refractivity contribution in [1.82, 2.24) is 5.32 Å². The molecule has 1 aliphatic heterocycles. The van der Waals surface area contributed by atoms with E-state index in [4.69, 9.17) is 25.9 Å². The third-order valence-corrected chi connectivity index (χ3v) is 6.58. The van der Waals surface area contributed by atoms with E-state index in [2.05, 4.69) is 10.5 Å². The van der Waals surface area contributed by atoms with E-state index < -0.39 is 15.7 Å². The minimum absolute atomic E-state index is 0.0335. The van der Waals surface area contributed by atoms with Crippen LogP contribution in [0, 0.1) is 0 Å². The second kappa shape index (κ2) is 10.5. The van der Waals surface area contributed by atoms with Crippen molar-refractivity contribution in [2.75, 3.05) is 25.2 Å². The topological polar surface area (TPSA) is 103 Å². The van der Waals surface area contributed by atoms with Gasteiger partial charge in [0.2, 0.25) is 0 Å². The fourth-order valence-corrected chi connectivity index (χ4v) is 4.80. The third-order valence-electron chi connectivity index (χ3n) is 4.56. The number of sulfone groups is 1. The summed E-state index contributed by atoms with van der Waals surface area (Å²) < 4.78 is 34.0. The highest BCUT2D eigenvalue weighted by Gasteiger charge is 2.28. The molecule has 2 aromatic carbocycles. The highest BCUT2D eigenvalue weighted by atomic mass is 35.5. The summed E-state index contributed by atoms with van der Waals surface area (Å²) in [4.78, 5) is 16.8. The normalized spacial score (nSPS) is 17.4. The number of ether oxygens (including phenoxy) is 2. The molecule has 0 aliphatic carbocycles. The van der Waals surface area contributed by atoms with Crippen LogP contribution in [0.4, 0.5) is 0 Å². The minimum atomic E-state index is -3.05. The van der Waals surface area contributed by atoms with Crippen LogP contribution in [0.3, 0.4) is 0 Å². The number of oxime groups is 1. The Balaban J connectivity index is 1.48. The van der Waals surface area contributed by atoms with Crippen LogP contribution < -0.4 is 14.8 Å². The predicted octanol–water partition coefficient (Wildman–Crippen LogP) is 2.58. The molecule has 166 valence electrons. The zero-order chi connectivity index (χ0) is 22.3. The molecule has 0 aromatic heterocycles. The molecule has 1 amide bonds. The quantitative estimate of drug-likeness (QED) is 0.450. The fourth-order valence-electron chi connectivity index (χ4n) is 3.00. The zero-order valence-electron chi connectivity index (χ0n) is 16.9. The zero-order valence-corrected chi connectivity index (χ0v) is 18.5. The summed E-state index contributed by atoms with van der Waals surface area (Å²) in [5, 5.41) is 7.07. The smallest absolute Gasteiger partial charge is 0.261 e. The van der Waals surface area contributed by atoms with Crippen LogP contribution in [-0.2, 0) is 26.1 Å². The number of methoxy groups -OCH3 is 1. The molecule has 1 atom stereocenters. The molecule has 0 bridgehead atoms. The summed E-state index contributed by atoms with van der Waals surface area (Å²) in [5.74, 6) is 0.745. The second-order valence-corrected chi connectivity index (χ2v) is 9.67. The first-order valence-electron chi connectivity index (χ1n) is 9.55. The Labute approximate surface area is 186 Å². The maximum Gasteiger partial charge on any atom is 0.261 e. The van der Waals surface area contributed by atoms with Crippen LogP contribution in [0.1, 0.15) is 17.5 Å². The van der Waals surface area contributed by atoms with Gasteiger partial charge in [-0.25, -0.2) is 8.42 Å². The number of carbonyl (C=O) groups excluding carboxylic acids is 1. The van der Waals surface area contributed by atoms with Gasteiger partial charge >= 0.3 is 0 Å². The number of halogens is 1. The molecule has 1 N–H and O–H groups in total. The Hall–Kier alpha value is -2.78. The SMILES string of the molecule is COc1cc(/C=N/OCC(=O)NC2CCS(=O)(=O)C2)ccc1OCc1ccc(Cl)cc1. The minimum Gasteiger partial charge on any atom is -0.493 e. The van der Waals surface area contributed by atoms with Crippen molar-refractivity contribution < 1.29 is 27.5 Å². The van der Waals surface area contributed by atoms with E-state index in [1.165, 1.54) is 13.3 Å². The number of hydrogen-bond acceptors (Lipinski definition) is 7. The van der Waals surface area contributed by atoms with Gasteiger partial charge in [-0.3, -0.25) is 4.79 Å². The lowest BCUT2D eigenvalue weighted by molar-refractivity contribution is -0.126. The highest BCUT2D eigenvalue weighted by molar-refractivity contribution is 7.91. The predicted molar refractivity (Wildman–Crippen MR) is 118 cm³/mol. The van der Waals surface area contributed by atoms with Gasteiger partial charge in [-0.15, -0.1) is 0 Å². The van der Waals surface area contributed by atoms with E-state index in [-0.39, 0.29) is 24.2 Å². The first kappa shape index (κ1) is 22.9. The molecule has 2 aromatic rings. The number of nitrogens with zero attached hydrogens (tertiary/aromatic N) is 1. The monoisotopic (exact) mass is 466 g/mol. The van der Waals surface area contributed by atoms with Crippen molar-refractivity contribution in [2.24, 2.45) is 5.16 Å². The molecule has 0 spiro atoms. The van der Waals surface area contributed by atoms with Crippen molar-refractivity contribution in [1.29, 1.82) is 0 Å². The van der Waals surface area contributed by atoms with Crippen molar-refractivity contribution >= 4 is 33.6 Å². The van der Waals surface area contributed by atoms with Gasteiger partial charge in [-0.05, 0) is 42.3 Å². The molecule has 31 heavy (non-hydrogen) atoms. The molecule has 1 heterocycles. The summed E-state index contributed by atoms with van der Waals surface area (Å²) in [5.41, 5.74) is 1.66. The van der Waals surface area contributed by atoms with Crippen molar-refractivity contribution in [3.8, 4) is 11.5 Å². The summed E-state index contributed by atoms with van der Waals surface area (Å²) in [6.07, 6.45) is 1.86. The highest BCUT2D eigenvalue weighted by Crippen LogP contribution is 2.28. The van der Waals surface area contributed by atoms with Gasteiger partial charge in [0.15, 0.2) is 27.9 Å². The van der Waals surface area contributed by atoms with E-state index in [1.54, 1.807) is 30.3 Å². The van der Waals surface area contributed by atoms with Crippen LogP contribution in [0.2, 0.25) is 5.02 Å². The Bertz CT molecular complexity index is 1040. The average Bonchev–Trinajstić information content (AvgIpc) is 3.09. The van der Waals surface area contributed by atoms with Gasteiger partial charge in [0, 0.05) is 16.6 Å². The number of carbonyl (C=O) groups is 1. The van der Waals surface area contributed by atoms with Gasteiger partial charge in [-0.1, -0.05) is 28.9 Å². The molecule has 0 saturated carbocycles. The maximum absolute atomic E-state index is 11.8. The van der Waals surface area contributed by atoms with E-state index in [0.717, 1.165) is 5.56 Å². The molecule has 1 aliphatic rings. The first-order chi connectivity index (χ1) is 14.8. The number of nitrogens with one attached hydrogen (secondary N) is 1. The lowest BCUT2D eigenvalue weighted by Crippen LogP contribution is -2.37. The number of hydrogen-bond donors (Lipinski definition) is 1. The third kappa shape index (κ3) is 7.15. The van der Waals surface area contributed by atoms with Gasteiger partial charge in [0.05, 0.1) is 24.8 Å². The van der Waals surface area contributed by atoms with E-state index in [9.17, 15) is 13.2 Å². The summed E-state index contributed by atoms with van der Waals surface area (Å²) in [6.45, 7) is 0.0634. The molecule has 1 saturated heterocycles. The van der Waals surface area contributed by atoms with Gasteiger partial charge in [-0.2, -0.15) is 0 Å². The summed E-state index contributed by atoms with van der Waals surface area (Å²) >= 11 is 5.88. The van der Waals surface area contributed by atoms with Crippen LogP contribution in [0.5, 0.6) is 11.5 Å².